The number of amides is 1. The van der Waals surface area contributed by atoms with E-state index in [1.54, 1.807) is 29.4 Å². The molecule has 2 heterocycles. The first-order valence-electron chi connectivity index (χ1n) is 6.21. The maximum atomic E-state index is 12.0. The van der Waals surface area contributed by atoms with Crippen LogP contribution >= 0.6 is 23.7 Å². The van der Waals surface area contributed by atoms with Gasteiger partial charge in [0.2, 0.25) is 0 Å². The minimum atomic E-state index is -0.262. The SMILES string of the molecule is COCCn1ccc(NC(=O)c2csc(CCN)n2)n1.Cl. The van der Waals surface area contributed by atoms with Gasteiger partial charge in [0.25, 0.3) is 5.91 Å². The van der Waals surface area contributed by atoms with Crippen LogP contribution in [0.1, 0.15) is 15.5 Å². The van der Waals surface area contributed by atoms with Gasteiger partial charge in [-0.05, 0) is 6.54 Å². The highest BCUT2D eigenvalue weighted by Gasteiger charge is 2.12. The molecule has 0 fully saturated rings. The summed E-state index contributed by atoms with van der Waals surface area (Å²) in [5.74, 6) is 0.237. The Morgan fingerprint density at radius 1 is 1.57 bits per heavy atom. The lowest BCUT2D eigenvalue weighted by atomic mass is 10.4. The first-order valence-corrected chi connectivity index (χ1v) is 7.09. The van der Waals surface area contributed by atoms with E-state index in [2.05, 4.69) is 15.4 Å². The Bertz CT molecular complexity index is 572. The summed E-state index contributed by atoms with van der Waals surface area (Å²) in [5.41, 5.74) is 5.85. The molecule has 0 atom stereocenters. The second-order valence-electron chi connectivity index (χ2n) is 4.08. The number of hydrogen-bond donors (Lipinski definition) is 2. The lowest BCUT2D eigenvalue weighted by Gasteiger charge is -2.00. The summed E-state index contributed by atoms with van der Waals surface area (Å²) in [6.07, 6.45) is 2.47. The van der Waals surface area contributed by atoms with Crippen LogP contribution in [0.4, 0.5) is 5.82 Å². The van der Waals surface area contributed by atoms with Crippen molar-refractivity contribution >= 4 is 35.5 Å². The molecule has 116 valence electrons. The van der Waals surface area contributed by atoms with E-state index in [-0.39, 0.29) is 18.3 Å². The molecule has 0 aliphatic carbocycles. The van der Waals surface area contributed by atoms with E-state index in [1.807, 2.05) is 0 Å². The molecule has 7 nitrogen and oxygen atoms in total. The van der Waals surface area contributed by atoms with Crippen LogP contribution in [0.2, 0.25) is 0 Å². The van der Waals surface area contributed by atoms with Gasteiger partial charge in [-0.2, -0.15) is 5.10 Å². The number of methoxy groups -OCH3 is 1. The molecular weight excluding hydrogens is 314 g/mol. The number of carbonyl (C=O) groups is 1. The maximum absolute atomic E-state index is 12.0. The summed E-state index contributed by atoms with van der Waals surface area (Å²) in [6, 6.07) is 1.74. The molecule has 3 N–H and O–H groups in total. The van der Waals surface area contributed by atoms with Crippen LogP contribution in [0.15, 0.2) is 17.6 Å². The molecular formula is C12H18ClN5O2S. The van der Waals surface area contributed by atoms with Crippen LogP contribution < -0.4 is 11.1 Å². The second-order valence-corrected chi connectivity index (χ2v) is 5.02. The monoisotopic (exact) mass is 331 g/mol. The zero-order chi connectivity index (χ0) is 14.4. The number of nitrogens with one attached hydrogen (secondary N) is 1. The number of carbonyl (C=O) groups excluding carboxylic acids is 1. The van der Waals surface area contributed by atoms with E-state index < -0.39 is 0 Å². The Morgan fingerprint density at radius 2 is 2.38 bits per heavy atom. The lowest BCUT2D eigenvalue weighted by molar-refractivity contribution is 0.102. The first kappa shape index (κ1) is 17.6. The highest BCUT2D eigenvalue weighted by Crippen LogP contribution is 2.12. The molecule has 0 aliphatic heterocycles. The standard InChI is InChI=1S/C12H17N5O2S.ClH/c1-19-7-6-17-5-3-10(16-17)15-12(18)9-8-20-11(14-9)2-4-13;/h3,5,8H,2,4,6-7,13H2,1H3,(H,15,16,18);1H. The fourth-order valence-corrected chi connectivity index (χ4v) is 2.37. The smallest absolute Gasteiger partial charge is 0.276 e. The number of anilines is 1. The topological polar surface area (TPSA) is 95.1 Å². The molecule has 0 saturated heterocycles. The summed E-state index contributed by atoms with van der Waals surface area (Å²) in [7, 11) is 1.63. The number of aromatic nitrogens is 3. The van der Waals surface area contributed by atoms with E-state index in [0.717, 1.165) is 5.01 Å². The Kier molecular flexibility index (Phi) is 7.30. The lowest BCUT2D eigenvalue weighted by Crippen LogP contribution is -2.14. The summed E-state index contributed by atoms with van der Waals surface area (Å²) >= 11 is 1.44. The third-order valence-electron chi connectivity index (χ3n) is 2.55. The number of nitrogens with two attached hydrogens (primary N) is 1. The van der Waals surface area contributed by atoms with Crippen LogP contribution in [0, 0.1) is 0 Å². The van der Waals surface area contributed by atoms with E-state index in [0.29, 0.717) is 37.6 Å². The van der Waals surface area contributed by atoms with Gasteiger partial charge in [0.1, 0.15) is 5.69 Å². The molecule has 0 aliphatic rings. The van der Waals surface area contributed by atoms with E-state index in [1.165, 1.54) is 11.3 Å². The second kappa shape index (κ2) is 8.73. The maximum Gasteiger partial charge on any atom is 0.276 e. The molecule has 2 aromatic heterocycles. The van der Waals surface area contributed by atoms with Crippen molar-refractivity contribution in [1.82, 2.24) is 14.8 Å². The molecule has 1 amide bonds. The molecule has 0 bridgehead atoms. The van der Waals surface area contributed by atoms with Gasteiger partial charge in [-0.1, -0.05) is 0 Å². The van der Waals surface area contributed by atoms with Crippen molar-refractivity contribution in [1.29, 1.82) is 0 Å². The third kappa shape index (κ3) is 5.09. The van der Waals surface area contributed by atoms with Crippen molar-refractivity contribution in [2.45, 2.75) is 13.0 Å². The number of rotatable bonds is 7. The Morgan fingerprint density at radius 3 is 3.10 bits per heavy atom. The summed E-state index contributed by atoms with van der Waals surface area (Å²) in [4.78, 5) is 16.2. The number of nitrogens with zero attached hydrogens (tertiary/aromatic N) is 3. The third-order valence-corrected chi connectivity index (χ3v) is 3.46. The summed E-state index contributed by atoms with van der Waals surface area (Å²) in [6.45, 7) is 1.74. The number of halogens is 1. The van der Waals surface area contributed by atoms with Crippen LogP contribution in [0.25, 0.3) is 0 Å². The van der Waals surface area contributed by atoms with Gasteiger partial charge in [-0.15, -0.1) is 23.7 Å². The molecule has 21 heavy (non-hydrogen) atoms. The van der Waals surface area contributed by atoms with Crippen molar-refractivity contribution < 1.29 is 9.53 Å². The van der Waals surface area contributed by atoms with Crippen molar-refractivity contribution in [2.75, 3.05) is 25.6 Å². The largest absolute Gasteiger partial charge is 0.383 e. The molecule has 0 radical (unpaired) electrons. The van der Waals surface area contributed by atoms with Gasteiger partial charge >= 0.3 is 0 Å². The van der Waals surface area contributed by atoms with E-state index in [4.69, 9.17) is 10.5 Å². The molecule has 0 saturated carbocycles. The van der Waals surface area contributed by atoms with Gasteiger partial charge in [-0.25, -0.2) is 4.98 Å². The predicted molar refractivity (Wildman–Crippen MR) is 84.2 cm³/mol. The highest BCUT2D eigenvalue weighted by atomic mass is 35.5. The predicted octanol–water partition coefficient (Wildman–Crippen LogP) is 1.16. The molecule has 0 spiro atoms. The van der Waals surface area contributed by atoms with E-state index in [9.17, 15) is 4.79 Å². The van der Waals surface area contributed by atoms with Crippen LogP contribution in [0.5, 0.6) is 0 Å². The number of thiazole rings is 1. The van der Waals surface area contributed by atoms with Crippen LogP contribution in [-0.4, -0.2) is 40.9 Å². The fraction of sp³-hybridized carbons (Fsp3) is 0.417. The van der Waals surface area contributed by atoms with Gasteiger partial charge in [0.15, 0.2) is 5.82 Å². The van der Waals surface area contributed by atoms with Crippen LogP contribution in [-0.2, 0) is 17.7 Å². The number of ether oxygens (including phenoxy) is 1. The average Bonchev–Trinajstić information content (AvgIpc) is 3.06. The van der Waals surface area contributed by atoms with Gasteiger partial charge in [0.05, 0.1) is 18.2 Å². The Labute approximate surface area is 132 Å². The van der Waals surface area contributed by atoms with Gasteiger partial charge < -0.3 is 15.8 Å². The highest BCUT2D eigenvalue weighted by molar-refractivity contribution is 7.09. The molecule has 0 aromatic carbocycles. The quantitative estimate of drug-likeness (QED) is 0.794. The zero-order valence-electron chi connectivity index (χ0n) is 11.6. The zero-order valence-corrected chi connectivity index (χ0v) is 13.2. The summed E-state index contributed by atoms with van der Waals surface area (Å²) in [5, 5.41) is 9.52. The van der Waals surface area contributed by atoms with Gasteiger partial charge in [-0.3, -0.25) is 9.48 Å². The fourth-order valence-electron chi connectivity index (χ4n) is 1.57. The Balaban J connectivity index is 0.00000220. The molecule has 2 aromatic rings. The van der Waals surface area contributed by atoms with Crippen molar-refractivity contribution in [3.05, 3.63) is 28.3 Å². The molecule has 9 heteroatoms. The number of hydrogen-bond acceptors (Lipinski definition) is 6. The molecule has 2 rings (SSSR count). The minimum absolute atomic E-state index is 0. The normalized spacial score (nSPS) is 10.2. The van der Waals surface area contributed by atoms with E-state index >= 15 is 0 Å². The van der Waals surface area contributed by atoms with Crippen molar-refractivity contribution in [2.24, 2.45) is 5.73 Å². The summed E-state index contributed by atoms with van der Waals surface area (Å²) < 4.78 is 6.67. The van der Waals surface area contributed by atoms with Crippen molar-refractivity contribution in [3.63, 3.8) is 0 Å². The van der Waals surface area contributed by atoms with Crippen LogP contribution in [0.3, 0.4) is 0 Å². The first-order chi connectivity index (χ1) is 9.72. The average molecular weight is 332 g/mol. The van der Waals surface area contributed by atoms with Crippen molar-refractivity contribution in [3.8, 4) is 0 Å². The minimum Gasteiger partial charge on any atom is -0.383 e. The molecule has 0 unspecified atom stereocenters. The Hall–Kier alpha value is -1.48. The van der Waals surface area contributed by atoms with Gasteiger partial charge in [0, 0.05) is 31.2 Å².